The quantitative estimate of drug-likeness (QED) is 0.489. The third-order valence-corrected chi connectivity index (χ3v) is 6.87. The van der Waals surface area contributed by atoms with Crippen molar-refractivity contribution in [3.63, 3.8) is 0 Å². The second-order valence-corrected chi connectivity index (χ2v) is 9.25. The Morgan fingerprint density at radius 1 is 1.11 bits per heavy atom. The van der Waals surface area contributed by atoms with Gasteiger partial charge in [0.1, 0.15) is 0 Å². The fourth-order valence-electron chi connectivity index (χ4n) is 5.00. The van der Waals surface area contributed by atoms with Crippen LogP contribution >= 0.6 is 0 Å². The summed E-state index contributed by atoms with van der Waals surface area (Å²) in [6.07, 6.45) is 14.5. The molecule has 2 aliphatic carbocycles. The Balaban J connectivity index is 1.43. The van der Waals surface area contributed by atoms with E-state index >= 15 is 0 Å². The predicted octanol–water partition coefficient (Wildman–Crippen LogP) is 7.06. The maximum atomic E-state index is 14.5. The number of methoxy groups -OCH3 is 1. The smallest absolute Gasteiger partial charge is 0.186 e. The second-order valence-electron chi connectivity index (χ2n) is 9.25. The first-order chi connectivity index (χ1) is 17.0. The number of nitrogens with one attached hydrogen (secondary N) is 1. The molecule has 0 bridgehead atoms. The number of aryl methyl sites for hydroxylation is 1. The van der Waals surface area contributed by atoms with Crippen LogP contribution in [0.1, 0.15) is 54.1 Å². The number of aliphatic imine (C=N–C) groups is 1. The van der Waals surface area contributed by atoms with Crippen molar-refractivity contribution in [3.8, 4) is 5.75 Å². The van der Waals surface area contributed by atoms with Crippen molar-refractivity contribution < 1.29 is 13.9 Å². The highest BCUT2D eigenvalue weighted by atomic mass is 19.1. The van der Waals surface area contributed by atoms with Gasteiger partial charge in [-0.2, -0.15) is 0 Å². The van der Waals surface area contributed by atoms with Gasteiger partial charge in [-0.15, -0.1) is 0 Å². The first-order valence-electron chi connectivity index (χ1n) is 12.1. The maximum absolute atomic E-state index is 14.5. The minimum atomic E-state index is -0.375. The van der Waals surface area contributed by atoms with Gasteiger partial charge >= 0.3 is 0 Å². The first kappa shape index (κ1) is 23.0. The number of anilines is 1. The van der Waals surface area contributed by atoms with Crippen LogP contribution in [0.5, 0.6) is 5.75 Å². The Kier molecular flexibility index (Phi) is 6.49. The molecule has 1 unspecified atom stereocenters. The molecular weight excluding hydrogens is 439 g/mol. The molecule has 1 atom stereocenters. The summed E-state index contributed by atoms with van der Waals surface area (Å²) in [6.45, 7) is 2.01. The minimum Gasteiger partial charge on any atom is -0.494 e. The number of nitrogens with zero attached hydrogens (tertiary/aromatic N) is 1. The Morgan fingerprint density at radius 3 is 2.83 bits per heavy atom. The van der Waals surface area contributed by atoms with E-state index in [0.29, 0.717) is 0 Å². The van der Waals surface area contributed by atoms with Gasteiger partial charge in [0.25, 0.3) is 0 Å². The average Bonchev–Trinajstić information content (AvgIpc) is 3.24. The zero-order valence-electron chi connectivity index (χ0n) is 20.1. The third kappa shape index (κ3) is 4.76. The first-order valence-corrected chi connectivity index (χ1v) is 12.1. The van der Waals surface area contributed by atoms with Gasteiger partial charge in [0.05, 0.1) is 18.5 Å². The van der Waals surface area contributed by atoms with E-state index in [1.54, 1.807) is 12.1 Å². The van der Waals surface area contributed by atoms with Crippen LogP contribution in [0.25, 0.3) is 5.57 Å². The lowest BCUT2D eigenvalue weighted by Crippen LogP contribution is -2.20. The van der Waals surface area contributed by atoms with Crippen LogP contribution in [0.2, 0.25) is 0 Å². The number of carbonyl (C=O) groups is 1. The highest BCUT2D eigenvalue weighted by Gasteiger charge is 2.29. The summed E-state index contributed by atoms with van der Waals surface area (Å²) < 4.78 is 19.6. The van der Waals surface area contributed by atoms with Gasteiger partial charge in [-0.05, 0) is 92.1 Å². The fourth-order valence-corrected chi connectivity index (χ4v) is 5.00. The molecule has 4 nitrogen and oxygen atoms in total. The summed E-state index contributed by atoms with van der Waals surface area (Å²) in [4.78, 5) is 17.4. The van der Waals surface area contributed by atoms with E-state index in [1.807, 2.05) is 31.3 Å². The van der Waals surface area contributed by atoms with Gasteiger partial charge in [0.15, 0.2) is 17.3 Å². The highest BCUT2D eigenvalue weighted by molar-refractivity contribution is 6.12. The van der Waals surface area contributed by atoms with E-state index in [2.05, 4.69) is 29.6 Å². The van der Waals surface area contributed by atoms with E-state index in [4.69, 9.17) is 9.73 Å². The minimum absolute atomic E-state index is 0.0542. The number of ketones is 1. The Labute approximate surface area is 205 Å². The van der Waals surface area contributed by atoms with E-state index in [9.17, 15) is 9.18 Å². The summed E-state index contributed by atoms with van der Waals surface area (Å²) in [7, 11) is 1.47. The number of fused-ring (bicyclic) bond motifs is 2. The molecular formula is C30H29FN2O2. The molecule has 35 heavy (non-hydrogen) atoms. The SMILES string of the molecule is COc1ccc(C2=CN=C3/C(Nc4ccc5c(c4)CCC(C)=CC5=O)=C/C/C=C\CCC23)cc1F. The van der Waals surface area contributed by atoms with Crippen molar-refractivity contribution >= 4 is 22.8 Å². The molecule has 0 aromatic heterocycles. The fraction of sp³-hybridized carbons (Fsp3) is 0.267. The van der Waals surface area contributed by atoms with Crippen molar-refractivity contribution in [2.24, 2.45) is 10.9 Å². The maximum Gasteiger partial charge on any atom is 0.186 e. The van der Waals surface area contributed by atoms with Gasteiger partial charge in [-0.1, -0.05) is 29.9 Å². The van der Waals surface area contributed by atoms with E-state index in [-0.39, 0.29) is 23.3 Å². The lowest BCUT2D eigenvalue weighted by molar-refractivity contribution is 0.104. The molecule has 178 valence electrons. The zero-order valence-corrected chi connectivity index (χ0v) is 20.1. The number of halogens is 1. The van der Waals surface area contributed by atoms with Gasteiger partial charge < -0.3 is 10.1 Å². The standard InChI is InChI=1S/C30H29FN2O2/c1-19-9-10-20-16-22(12-13-23(20)28(34)15-19)33-27-8-6-4-3-5-7-24-25(18-32-30(24)27)21-11-14-29(35-2)26(31)17-21/h3-4,8,11-18,24,33H,5-7,9-10H2,1-2H3/b4-3-,27-8-. The Morgan fingerprint density at radius 2 is 2.00 bits per heavy atom. The number of allylic oxidation sites excluding steroid dienone is 7. The van der Waals surface area contributed by atoms with Crippen LogP contribution in [-0.2, 0) is 6.42 Å². The number of ether oxygens (including phenoxy) is 1. The molecule has 0 amide bonds. The second kappa shape index (κ2) is 9.87. The molecule has 0 spiro atoms. The van der Waals surface area contributed by atoms with Crippen molar-refractivity contribution in [2.75, 3.05) is 12.4 Å². The summed E-state index contributed by atoms with van der Waals surface area (Å²) in [5.41, 5.74) is 7.65. The van der Waals surface area contributed by atoms with Gasteiger partial charge in [0, 0.05) is 23.4 Å². The van der Waals surface area contributed by atoms with E-state index in [0.717, 1.165) is 77.0 Å². The number of carbonyl (C=O) groups excluding carboxylic acids is 1. The molecule has 2 aromatic carbocycles. The Bertz CT molecular complexity index is 1330. The Hall–Kier alpha value is -3.73. The van der Waals surface area contributed by atoms with Crippen LogP contribution in [0.15, 0.2) is 83.2 Å². The molecule has 0 radical (unpaired) electrons. The lowest BCUT2D eigenvalue weighted by atomic mass is 9.86. The number of rotatable bonds is 4. The summed E-state index contributed by atoms with van der Waals surface area (Å²) >= 11 is 0. The zero-order chi connectivity index (χ0) is 24.4. The van der Waals surface area contributed by atoms with Gasteiger partial charge in [0.2, 0.25) is 0 Å². The largest absolute Gasteiger partial charge is 0.494 e. The van der Waals surface area contributed by atoms with E-state index < -0.39 is 0 Å². The highest BCUT2D eigenvalue weighted by Crippen LogP contribution is 2.37. The number of benzene rings is 2. The van der Waals surface area contributed by atoms with Crippen LogP contribution in [0.3, 0.4) is 0 Å². The van der Waals surface area contributed by atoms with Crippen LogP contribution < -0.4 is 10.1 Å². The van der Waals surface area contributed by atoms with Crippen LogP contribution in [0, 0.1) is 11.7 Å². The predicted molar refractivity (Wildman–Crippen MR) is 139 cm³/mol. The van der Waals surface area contributed by atoms with Crippen molar-refractivity contribution in [3.05, 3.63) is 101 Å². The molecule has 5 heteroatoms. The van der Waals surface area contributed by atoms with Crippen molar-refractivity contribution in [1.82, 2.24) is 0 Å². The molecule has 0 saturated carbocycles. The molecule has 1 heterocycles. The summed E-state index contributed by atoms with van der Waals surface area (Å²) in [6, 6.07) is 11.1. The average molecular weight is 469 g/mol. The van der Waals surface area contributed by atoms with Crippen LogP contribution in [-0.4, -0.2) is 18.6 Å². The molecule has 3 aliphatic rings. The number of hydrogen-bond donors (Lipinski definition) is 1. The van der Waals surface area contributed by atoms with Gasteiger partial charge in [-0.3, -0.25) is 9.79 Å². The van der Waals surface area contributed by atoms with Crippen molar-refractivity contribution in [1.29, 1.82) is 0 Å². The summed E-state index contributed by atoms with van der Waals surface area (Å²) in [5.74, 6) is -0.00614. The molecule has 1 aliphatic heterocycles. The summed E-state index contributed by atoms with van der Waals surface area (Å²) in [5, 5.41) is 3.59. The molecule has 2 aromatic rings. The monoisotopic (exact) mass is 468 g/mol. The molecule has 0 fully saturated rings. The molecule has 1 N–H and O–H groups in total. The molecule has 0 saturated heterocycles. The number of hydrogen-bond acceptors (Lipinski definition) is 4. The third-order valence-electron chi connectivity index (χ3n) is 6.87. The molecule has 5 rings (SSSR count). The van der Waals surface area contributed by atoms with Crippen molar-refractivity contribution in [2.45, 2.75) is 39.0 Å². The van der Waals surface area contributed by atoms with Gasteiger partial charge in [-0.25, -0.2) is 4.39 Å². The lowest BCUT2D eigenvalue weighted by Gasteiger charge is -2.21. The normalized spacial score (nSPS) is 22.0. The van der Waals surface area contributed by atoms with Crippen LogP contribution in [0.4, 0.5) is 10.1 Å². The van der Waals surface area contributed by atoms with E-state index in [1.165, 1.54) is 13.2 Å². The topological polar surface area (TPSA) is 50.7 Å².